The van der Waals surface area contributed by atoms with Crippen LogP contribution in [-0.4, -0.2) is 44.9 Å². The van der Waals surface area contributed by atoms with Gasteiger partial charge in [-0.25, -0.2) is 0 Å². The molecule has 0 amide bonds. The van der Waals surface area contributed by atoms with Gasteiger partial charge in [-0.1, -0.05) is 0 Å². The van der Waals surface area contributed by atoms with Crippen molar-refractivity contribution in [3.8, 4) is 11.5 Å². The zero-order chi connectivity index (χ0) is 17.8. The van der Waals surface area contributed by atoms with E-state index in [9.17, 15) is 4.55 Å². The van der Waals surface area contributed by atoms with Gasteiger partial charge in [0.15, 0.2) is 5.75 Å². The van der Waals surface area contributed by atoms with Crippen molar-refractivity contribution in [3.63, 3.8) is 0 Å². The molecule has 8 heteroatoms. The quantitative estimate of drug-likeness (QED) is 0.624. The molecule has 0 fully saturated rings. The van der Waals surface area contributed by atoms with Crippen LogP contribution in [-0.2, 0) is 16.9 Å². The van der Waals surface area contributed by atoms with E-state index in [1.54, 1.807) is 25.4 Å². The average Bonchev–Trinajstić information content (AvgIpc) is 3.05. The highest BCUT2D eigenvalue weighted by atomic mass is 32.2. The second-order valence-corrected chi connectivity index (χ2v) is 6.73. The minimum Gasteiger partial charge on any atom is -0.609 e. The third-order valence-corrected chi connectivity index (χ3v) is 4.92. The Bertz CT molecular complexity index is 868. The number of aromatic nitrogens is 3. The first-order chi connectivity index (χ1) is 12.1. The molecule has 2 heterocycles. The molecule has 0 aliphatic rings. The lowest BCUT2D eigenvalue weighted by atomic mass is 10.2. The molecule has 3 rings (SSSR count). The van der Waals surface area contributed by atoms with E-state index in [-0.39, 0.29) is 19.0 Å². The number of aromatic amines is 1. The molecule has 0 saturated carbocycles. The second-order valence-electron chi connectivity index (χ2n) is 5.37. The van der Waals surface area contributed by atoms with Crippen LogP contribution in [0.3, 0.4) is 0 Å². The van der Waals surface area contributed by atoms with Gasteiger partial charge in [0.05, 0.1) is 30.4 Å². The van der Waals surface area contributed by atoms with E-state index in [1.165, 1.54) is 0 Å². The maximum atomic E-state index is 12.7. The van der Waals surface area contributed by atoms with Crippen molar-refractivity contribution in [1.29, 1.82) is 0 Å². The average molecular weight is 361 g/mol. The van der Waals surface area contributed by atoms with Crippen molar-refractivity contribution in [1.82, 2.24) is 15.0 Å². The predicted molar refractivity (Wildman–Crippen MR) is 94.3 cm³/mol. The first-order valence-electron chi connectivity index (χ1n) is 7.72. The SMILES string of the molecule is COc1ccc2[nH]c([S+]([O-])Cc3nccc(OCCO)c3C)nc2c1. The van der Waals surface area contributed by atoms with E-state index in [4.69, 9.17) is 14.6 Å². The summed E-state index contributed by atoms with van der Waals surface area (Å²) in [6.07, 6.45) is 1.61. The summed E-state index contributed by atoms with van der Waals surface area (Å²) in [4.78, 5) is 11.8. The largest absolute Gasteiger partial charge is 0.609 e. The number of hydrogen-bond donors (Lipinski definition) is 2. The third kappa shape index (κ3) is 3.87. The zero-order valence-electron chi connectivity index (χ0n) is 14.0. The van der Waals surface area contributed by atoms with E-state index in [1.807, 2.05) is 19.1 Å². The number of rotatable bonds is 7. The summed E-state index contributed by atoms with van der Waals surface area (Å²) in [7, 11) is 1.59. The molecule has 25 heavy (non-hydrogen) atoms. The number of nitrogens with zero attached hydrogens (tertiary/aromatic N) is 2. The molecule has 0 bridgehead atoms. The van der Waals surface area contributed by atoms with Crippen LogP contribution in [0.5, 0.6) is 11.5 Å². The van der Waals surface area contributed by atoms with Crippen molar-refractivity contribution in [3.05, 3.63) is 41.7 Å². The molecule has 0 aliphatic carbocycles. The minimum absolute atomic E-state index is 0.0640. The zero-order valence-corrected chi connectivity index (χ0v) is 14.8. The summed E-state index contributed by atoms with van der Waals surface area (Å²) in [5.74, 6) is 1.55. The number of aliphatic hydroxyl groups is 1. The number of fused-ring (bicyclic) bond motifs is 1. The molecule has 1 aromatic carbocycles. The normalized spacial score (nSPS) is 12.3. The van der Waals surface area contributed by atoms with E-state index >= 15 is 0 Å². The topological polar surface area (TPSA) is 103 Å². The maximum absolute atomic E-state index is 12.7. The van der Waals surface area contributed by atoms with Gasteiger partial charge in [0, 0.05) is 29.0 Å². The molecule has 7 nitrogen and oxygen atoms in total. The van der Waals surface area contributed by atoms with Crippen LogP contribution in [0.25, 0.3) is 11.0 Å². The summed E-state index contributed by atoms with van der Waals surface area (Å²) in [5, 5.41) is 9.27. The van der Waals surface area contributed by atoms with Crippen molar-refractivity contribution >= 4 is 22.2 Å². The fraction of sp³-hybridized carbons (Fsp3) is 0.294. The fourth-order valence-corrected chi connectivity index (χ4v) is 3.51. The fourth-order valence-electron chi connectivity index (χ4n) is 2.41. The number of ether oxygens (including phenoxy) is 2. The van der Waals surface area contributed by atoms with E-state index in [0.717, 1.165) is 11.1 Å². The Morgan fingerprint density at radius 1 is 1.32 bits per heavy atom. The van der Waals surface area contributed by atoms with E-state index < -0.39 is 11.2 Å². The van der Waals surface area contributed by atoms with Gasteiger partial charge < -0.3 is 19.1 Å². The van der Waals surface area contributed by atoms with Crippen LogP contribution < -0.4 is 9.47 Å². The lowest BCUT2D eigenvalue weighted by molar-refractivity contribution is 0.200. The number of nitrogens with one attached hydrogen (secondary N) is 1. The number of imidazole rings is 1. The molecule has 2 N–H and O–H groups in total. The molecule has 0 saturated heterocycles. The Balaban J connectivity index is 1.81. The van der Waals surface area contributed by atoms with Gasteiger partial charge in [-0.2, -0.15) is 4.98 Å². The Labute approximate surface area is 148 Å². The van der Waals surface area contributed by atoms with Gasteiger partial charge in [-0.15, -0.1) is 0 Å². The van der Waals surface area contributed by atoms with Crippen molar-refractivity contribution in [2.75, 3.05) is 20.3 Å². The summed E-state index contributed by atoms with van der Waals surface area (Å²) >= 11 is -1.37. The third-order valence-electron chi connectivity index (χ3n) is 3.76. The van der Waals surface area contributed by atoms with Gasteiger partial charge in [0.1, 0.15) is 18.1 Å². The van der Waals surface area contributed by atoms with Crippen LogP contribution in [0.15, 0.2) is 35.6 Å². The lowest BCUT2D eigenvalue weighted by Crippen LogP contribution is -2.11. The molecule has 1 unspecified atom stereocenters. The van der Waals surface area contributed by atoms with Gasteiger partial charge in [-0.05, 0) is 25.1 Å². The van der Waals surface area contributed by atoms with Crippen LogP contribution in [0.4, 0.5) is 0 Å². The molecule has 1 atom stereocenters. The molecular formula is C17H19N3O4S. The van der Waals surface area contributed by atoms with Crippen LogP contribution in [0.2, 0.25) is 0 Å². The van der Waals surface area contributed by atoms with Crippen LogP contribution in [0, 0.1) is 6.92 Å². The molecule has 2 aromatic heterocycles. The highest BCUT2D eigenvalue weighted by molar-refractivity contribution is 7.90. The summed E-state index contributed by atoms with van der Waals surface area (Å²) in [5.41, 5.74) is 2.98. The van der Waals surface area contributed by atoms with Gasteiger partial charge in [0.25, 0.3) is 0 Å². The molecule has 0 spiro atoms. The van der Waals surface area contributed by atoms with Crippen molar-refractivity contribution in [2.45, 2.75) is 17.8 Å². The lowest BCUT2D eigenvalue weighted by Gasteiger charge is -2.12. The van der Waals surface area contributed by atoms with Crippen molar-refractivity contribution < 1.29 is 19.1 Å². The predicted octanol–water partition coefficient (Wildman–Crippen LogP) is 1.95. The van der Waals surface area contributed by atoms with Gasteiger partial charge in [0.2, 0.25) is 0 Å². The number of aliphatic hydroxyl groups excluding tert-OH is 1. The Kier molecular flexibility index (Phi) is 5.42. The number of hydrogen-bond acceptors (Lipinski definition) is 6. The smallest absolute Gasteiger partial charge is 0.322 e. The first-order valence-corrected chi connectivity index (χ1v) is 9.04. The van der Waals surface area contributed by atoms with Crippen molar-refractivity contribution in [2.24, 2.45) is 0 Å². The number of H-pyrrole nitrogens is 1. The summed E-state index contributed by atoms with van der Waals surface area (Å²) < 4.78 is 23.3. The monoisotopic (exact) mass is 361 g/mol. The minimum atomic E-state index is -1.37. The van der Waals surface area contributed by atoms with Crippen LogP contribution >= 0.6 is 0 Å². The van der Waals surface area contributed by atoms with Gasteiger partial charge in [-0.3, -0.25) is 9.97 Å². The second kappa shape index (κ2) is 7.73. The number of benzene rings is 1. The maximum Gasteiger partial charge on any atom is 0.322 e. The highest BCUT2D eigenvalue weighted by Gasteiger charge is 2.20. The molecular weight excluding hydrogens is 342 g/mol. The summed E-state index contributed by atoms with van der Waals surface area (Å²) in [6, 6.07) is 7.18. The molecule has 0 radical (unpaired) electrons. The standard InChI is InChI=1S/C17H19N3O4S/c1-11-15(18-6-5-16(11)24-8-7-21)10-25(22)17-19-13-4-3-12(23-2)9-14(13)20-17/h3-6,9,21H,7-8,10H2,1-2H3,(H,19,20). The van der Waals surface area contributed by atoms with Gasteiger partial charge >= 0.3 is 5.16 Å². The summed E-state index contributed by atoms with van der Waals surface area (Å²) in [6.45, 7) is 2.00. The highest BCUT2D eigenvalue weighted by Crippen LogP contribution is 2.25. The molecule has 3 aromatic rings. The Morgan fingerprint density at radius 2 is 2.16 bits per heavy atom. The van der Waals surface area contributed by atoms with E-state index in [0.29, 0.717) is 27.9 Å². The van der Waals surface area contributed by atoms with Crippen LogP contribution in [0.1, 0.15) is 11.3 Å². The molecule has 132 valence electrons. The molecule has 0 aliphatic heterocycles. The Morgan fingerprint density at radius 3 is 2.92 bits per heavy atom. The number of pyridine rings is 1. The number of methoxy groups -OCH3 is 1. The van der Waals surface area contributed by atoms with E-state index in [2.05, 4.69) is 15.0 Å². The first kappa shape index (κ1) is 17.5. The Hall–Kier alpha value is -2.29.